The zero-order chi connectivity index (χ0) is 18.1. The number of carbonyl (C=O) groups is 1. The molecule has 26 heavy (non-hydrogen) atoms. The number of nitrogens with zero attached hydrogens (tertiary/aromatic N) is 3. The summed E-state index contributed by atoms with van der Waals surface area (Å²) in [6.07, 6.45) is 1.07. The van der Waals surface area contributed by atoms with Gasteiger partial charge in [-0.25, -0.2) is 0 Å². The third kappa shape index (κ3) is 3.08. The summed E-state index contributed by atoms with van der Waals surface area (Å²) in [6.45, 7) is 3.66. The van der Waals surface area contributed by atoms with Gasteiger partial charge in [-0.05, 0) is 42.7 Å². The highest BCUT2D eigenvalue weighted by molar-refractivity contribution is 6.03. The molecule has 0 aliphatic carbocycles. The van der Waals surface area contributed by atoms with E-state index in [0.717, 1.165) is 36.5 Å². The molecule has 0 unspecified atom stereocenters. The average molecular weight is 346 g/mol. The van der Waals surface area contributed by atoms with Gasteiger partial charge in [0.15, 0.2) is 0 Å². The van der Waals surface area contributed by atoms with Gasteiger partial charge in [0.05, 0.1) is 5.69 Å². The zero-order valence-electron chi connectivity index (χ0n) is 15.1. The van der Waals surface area contributed by atoms with E-state index in [4.69, 9.17) is 0 Å². The van der Waals surface area contributed by atoms with Crippen molar-refractivity contribution in [2.24, 2.45) is 7.05 Å². The largest absolute Gasteiger partial charge is 0.367 e. The number of rotatable bonds is 4. The van der Waals surface area contributed by atoms with Gasteiger partial charge in [-0.1, -0.05) is 36.4 Å². The first-order chi connectivity index (χ1) is 12.6. The molecule has 0 saturated heterocycles. The summed E-state index contributed by atoms with van der Waals surface area (Å²) in [5.74, 6) is -0.137. The van der Waals surface area contributed by atoms with Crippen molar-refractivity contribution in [3.8, 4) is 0 Å². The molecule has 2 heterocycles. The quantitative estimate of drug-likeness (QED) is 0.786. The molecule has 0 spiro atoms. The highest BCUT2D eigenvalue weighted by Gasteiger charge is 2.20. The third-order valence-corrected chi connectivity index (χ3v) is 4.84. The molecule has 4 rings (SSSR count). The lowest BCUT2D eigenvalue weighted by Gasteiger charge is -2.21. The number of amides is 1. The minimum atomic E-state index is -0.137. The second-order valence-corrected chi connectivity index (χ2v) is 6.71. The zero-order valence-corrected chi connectivity index (χ0v) is 15.1. The van der Waals surface area contributed by atoms with Crippen molar-refractivity contribution in [1.82, 2.24) is 9.78 Å². The molecule has 1 amide bonds. The Labute approximate surface area is 153 Å². The van der Waals surface area contributed by atoms with Crippen LogP contribution in [-0.2, 0) is 20.0 Å². The van der Waals surface area contributed by atoms with E-state index in [2.05, 4.69) is 45.6 Å². The van der Waals surface area contributed by atoms with Crippen LogP contribution in [0.5, 0.6) is 0 Å². The minimum absolute atomic E-state index is 0.137. The van der Waals surface area contributed by atoms with Crippen LogP contribution in [0.25, 0.3) is 0 Å². The van der Waals surface area contributed by atoms with Gasteiger partial charge in [0.2, 0.25) is 0 Å². The molecule has 5 heteroatoms. The van der Waals surface area contributed by atoms with E-state index >= 15 is 0 Å². The fraction of sp³-hybridized carbons (Fsp3) is 0.238. The second-order valence-electron chi connectivity index (χ2n) is 6.71. The van der Waals surface area contributed by atoms with Crippen LogP contribution in [0.15, 0.2) is 54.6 Å². The number of carbonyl (C=O) groups excluding carboxylic acids is 1. The number of anilines is 2. The van der Waals surface area contributed by atoms with Crippen LogP contribution < -0.4 is 10.2 Å². The molecule has 5 nitrogen and oxygen atoms in total. The Hall–Kier alpha value is -3.08. The summed E-state index contributed by atoms with van der Waals surface area (Å²) in [7, 11) is 1.79. The Kier molecular flexibility index (Phi) is 4.21. The van der Waals surface area contributed by atoms with E-state index < -0.39 is 0 Å². The van der Waals surface area contributed by atoms with Crippen LogP contribution in [0, 0.1) is 6.92 Å². The molecular formula is C21H22N4O. The minimum Gasteiger partial charge on any atom is -0.367 e. The molecule has 1 aliphatic heterocycles. The smallest absolute Gasteiger partial charge is 0.273 e. The Morgan fingerprint density at radius 1 is 1.15 bits per heavy atom. The van der Waals surface area contributed by atoms with Gasteiger partial charge in [-0.15, -0.1) is 0 Å². The summed E-state index contributed by atoms with van der Waals surface area (Å²) in [4.78, 5) is 15.0. The lowest BCUT2D eigenvalue weighted by molar-refractivity contribution is 0.101. The van der Waals surface area contributed by atoms with E-state index in [1.165, 1.54) is 11.3 Å². The lowest BCUT2D eigenvalue weighted by Crippen LogP contribution is -2.22. The van der Waals surface area contributed by atoms with Gasteiger partial charge in [-0.3, -0.25) is 9.48 Å². The number of benzene rings is 2. The maximum atomic E-state index is 12.7. The van der Waals surface area contributed by atoms with E-state index in [-0.39, 0.29) is 5.91 Å². The Morgan fingerprint density at radius 2 is 1.92 bits per heavy atom. The molecule has 1 N–H and O–H groups in total. The average Bonchev–Trinajstić information content (AvgIpc) is 3.19. The van der Waals surface area contributed by atoms with Gasteiger partial charge in [0.1, 0.15) is 5.69 Å². The number of aromatic nitrogens is 2. The van der Waals surface area contributed by atoms with E-state index in [1.807, 2.05) is 25.1 Å². The van der Waals surface area contributed by atoms with Gasteiger partial charge >= 0.3 is 0 Å². The van der Waals surface area contributed by atoms with Gasteiger partial charge in [0, 0.05) is 31.5 Å². The van der Waals surface area contributed by atoms with Crippen LogP contribution >= 0.6 is 0 Å². The van der Waals surface area contributed by atoms with Crippen LogP contribution in [0.3, 0.4) is 0 Å². The maximum Gasteiger partial charge on any atom is 0.273 e. The monoisotopic (exact) mass is 346 g/mol. The third-order valence-electron chi connectivity index (χ3n) is 4.84. The van der Waals surface area contributed by atoms with Crippen molar-refractivity contribution < 1.29 is 4.79 Å². The van der Waals surface area contributed by atoms with Gasteiger partial charge < -0.3 is 10.2 Å². The molecule has 132 valence electrons. The summed E-state index contributed by atoms with van der Waals surface area (Å²) in [5, 5.41) is 7.30. The Balaban J connectivity index is 1.56. The van der Waals surface area contributed by atoms with Crippen LogP contribution in [0.1, 0.15) is 27.3 Å². The Bertz CT molecular complexity index is 960. The summed E-state index contributed by atoms with van der Waals surface area (Å²) in [6, 6.07) is 18.3. The molecule has 0 atom stereocenters. The number of para-hydroxylation sites is 2. The first-order valence-electron chi connectivity index (χ1n) is 8.84. The fourth-order valence-electron chi connectivity index (χ4n) is 3.57. The number of aryl methyl sites for hydroxylation is 2. The van der Waals surface area contributed by atoms with Crippen LogP contribution in [0.2, 0.25) is 0 Å². The number of fused-ring (bicyclic) bond motifs is 1. The number of hydrogen-bond acceptors (Lipinski definition) is 3. The maximum absolute atomic E-state index is 12.7. The molecule has 0 bridgehead atoms. The highest BCUT2D eigenvalue weighted by Crippen LogP contribution is 2.30. The van der Waals surface area contributed by atoms with Crippen LogP contribution in [0.4, 0.5) is 11.4 Å². The molecule has 0 saturated carbocycles. The number of hydrogen-bond donors (Lipinski definition) is 1. The van der Waals surface area contributed by atoms with E-state index in [1.54, 1.807) is 17.8 Å². The molecule has 2 aromatic carbocycles. The standard InChI is InChI=1S/C21H22N4O/c1-15-13-20(24(2)23-15)21(26)22-18-9-5-3-8-17(18)14-25-12-11-16-7-4-6-10-19(16)25/h3-10,13H,11-12,14H2,1-2H3,(H,22,26). The molecule has 1 aromatic heterocycles. The predicted molar refractivity (Wildman–Crippen MR) is 104 cm³/mol. The summed E-state index contributed by atoms with van der Waals surface area (Å²) >= 11 is 0. The highest BCUT2D eigenvalue weighted by atomic mass is 16.2. The second kappa shape index (κ2) is 6.67. The van der Waals surface area contributed by atoms with Gasteiger partial charge in [-0.2, -0.15) is 5.10 Å². The normalized spacial score (nSPS) is 12.9. The lowest BCUT2D eigenvalue weighted by atomic mass is 10.1. The van der Waals surface area contributed by atoms with Crippen LogP contribution in [-0.4, -0.2) is 22.2 Å². The van der Waals surface area contributed by atoms with Crippen molar-refractivity contribution in [3.63, 3.8) is 0 Å². The molecule has 3 aromatic rings. The molecule has 1 aliphatic rings. The fourth-order valence-corrected chi connectivity index (χ4v) is 3.57. The first kappa shape index (κ1) is 16.4. The Morgan fingerprint density at radius 3 is 2.73 bits per heavy atom. The predicted octanol–water partition coefficient (Wildman–Crippen LogP) is 3.54. The first-order valence-corrected chi connectivity index (χ1v) is 8.84. The van der Waals surface area contributed by atoms with E-state index in [9.17, 15) is 4.79 Å². The topological polar surface area (TPSA) is 50.2 Å². The van der Waals surface area contributed by atoms with Crippen molar-refractivity contribution in [2.75, 3.05) is 16.8 Å². The van der Waals surface area contributed by atoms with Crippen molar-refractivity contribution in [1.29, 1.82) is 0 Å². The number of nitrogens with one attached hydrogen (secondary N) is 1. The van der Waals surface area contributed by atoms with Crippen molar-refractivity contribution in [3.05, 3.63) is 77.1 Å². The van der Waals surface area contributed by atoms with Crippen molar-refractivity contribution in [2.45, 2.75) is 19.9 Å². The van der Waals surface area contributed by atoms with E-state index in [0.29, 0.717) is 5.69 Å². The SMILES string of the molecule is Cc1cc(C(=O)Nc2ccccc2CN2CCc3ccccc32)n(C)n1. The molecule has 0 fully saturated rings. The molecular weight excluding hydrogens is 324 g/mol. The summed E-state index contributed by atoms with van der Waals surface area (Å²) in [5.41, 5.74) is 6.02. The summed E-state index contributed by atoms with van der Waals surface area (Å²) < 4.78 is 1.62. The van der Waals surface area contributed by atoms with Gasteiger partial charge in [0.25, 0.3) is 5.91 Å². The van der Waals surface area contributed by atoms with Crippen molar-refractivity contribution >= 4 is 17.3 Å². The molecule has 0 radical (unpaired) electrons.